The average Bonchev–Trinajstić information content (AvgIpc) is 1.41. The third-order valence-corrected chi connectivity index (χ3v) is 0.326. The molecule has 0 aromatic rings. The van der Waals surface area contributed by atoms with Gasteiger partial charge in [0.15, 0.2) is 0 Å². The topological polar surface area (TPSA) is 47.6 Å². The van der Waals surface area contributed by atoms with Gasteiger partial charge in [-0.25, -0.2) is 0 Å². The zero-order chi connectivity index (χ0) is 4.12. The van der Waals surface area contributed by atoms with Gasteiger partial charge < -0.3 is 0 Å². The summed E-state index contributed by atoms with van der Waals surface area (Å²) in [5, 5.41) is 15.2. The van der Waals surface area contributed by atoms with Gasteiger partial charge in [0.05, 0.1) is 0 Å². The van der Waals surface area contributed by atoms with Gasteiger partial charge in [-0.2, -0.15) is 0 Å². The zero-order valence-electron chi connectivity index (χ0n) is 2.90. The summed E-state index contributed by atoms with van der Waals surface area (Å²) in [7, 11) is 0. The van der Waals surface area contributed by atoms with Gasteiger partial charge in [0.25, 0.3) is 0 Å². The fourth-order valence-corrected chi connectivity index (χ4v) is 0.0729. The van der Waals surface area contributed by atoms with Crippen LogP contribution in [0.4, 0.5) is 0 Å². The fraction of sp³-hybridized carbons (Fsp3) is 0. The van der Waals surface area contributed by atoms with Gasteiger partial charge in [-0.1, -0.05) is 0 Å². The molecule has 7 heavy (non-hydrogen) atoms. The number of hydrogen-bond donors (Lipinski definition) is 0. The maximum Gasteiger partial charge on any atom is 0 e. The van der Waals surface area contributed by atoms with E-state index in [9.17, 15) is 0 Å². The smallest absolute Gasteiger partial charge is 0 e. The van der Waals surface area contributed by atoms with Crippen LogP contribution in [0.15, 0.2) is 0 Å². The Morgan fingerprint density at radius 3 is 1.43 bits per heavy atom. The summed E-state index contributed by atoms with van der Waals surface area (Å²) in [5.74, 6) is 0. The molecule has 0 saturated heterocycles. The molecule has 45 valence electrons. The quantitative estimate of drug-likeness (QED) is 0.546. The van der Waals surface area contributed by atoms with Crippen molar-refractivity contribution in [2.24, 2.45) is 0 Å². The Morgan fingerprint density at radius 1 is 1.14 bits per heavy atom. The molecule has 0 spiro atoms. The predicted molar refractivity (Wildman–Crippen MR) is 11.2 cm³/mol. The van der Waals surface area contributed by atoms with Crippen molar-refractivity contribution in [3.8, 4) is 9.94 Å². The molecule has 0 aliphatic carbocycles. The molecule has 0 heterocycles. The third-order valence-electron chi connectivity index (χ3n) is 0.0791. The number of nitrogens with zero attached hydrogens (tertiary/aromatic N) is 2. The second kappa shape index (κ2) is 16.1. The van der Waals surface area contributed by atoms with Crippen LogP contribution >= 0.6 is 0 Å². The maximum absolute atomic E-state index is 7.59. The second-order valence-electron chi connectivity index (χ2n) is 0.247. The van der Waals surface area contributed by atoms with Gasteiger partial charge in [-0.15, -0.1) is 0 Å². The van der Waals surface area contributed by atoms with Crippen LogP contribution in [-0.2, 0) is 48.2 Å². The first-order valence-electron chi connectivity index (χ1n) is 0.801. The molecule has 0 aromatic carbocycles. The second-order valence-corrected chi connectivity index (χ2v) is 1.02. The Bertz CT molecular complexity index is 80.8. The first kappa shape index (κ1) is 15.6. The molecule has 0 rings (SSSR count). The summed E-state index contributed by atoms with van der Waals surface area (Å²) in [6.07, 6.45) is 0. The zero-order valence-corrected chi connectivity index (χ0v) is 6.03. The Morgan fingerprint density at radius 2 is 1.43 bits per heavy atom. The van der Waals surface area contributed by atoms with Crippen LogP contribution < -0.4 is 0 Å². The average molecular weight is 226 g/mol. The van der Waals surface area contributed by atoms with E-state index in [-0.39, 0.29) is 48.2 Å². The summed E-state index contributed by atoms with van der Waals surface area (Å²) >= 11 is 0. The van der Waals surface area contributed by atoms with Crippen LogP contribution in [0.2, 0.25) is 0 Å². The molecule has 0 fully saturated rings. The molecule has 0 N–H and O–H groups in total. The van der Waals surface area contributed by atoms with Gasteiger partial charge in [0.1, 0.15) is 0 Å². The first-order chi connectivity index (χ1) is 2.41. The minimum Gasteiger partial charge on any atom is 0 e. The van der Waals surface area contributed by atoms with E-state index in [0.717, 1.165) is 0 Å². The maximum atomic E-state index is 7.59. The van der Waals surface area contributed by atoms with Gasteiger partial charge in [-0.05, 0) is 0 Å². The molecule has 0 unspecified atom stereocenters. The van der Waals surface area contributed by atoms with Crippen LogP contribution in [0.5, 0.6) is 0 Å². The van der Waals surface area contributed by atoms with Gasteiger partial charge in [0.2, 0.25) is 0 Å². The van der Waals surface area contributed by atoms with E-state index in [1.807, 2.05) is 0 Å². The molecule has 0 bridgehead atoms. The summed E-state index contributed by atoms with van der Waals surface area (Å²) in [6, 6.07) is 0. The van der Waals surface area contributed by atoms with Crippen LogP contribution in [0, 0.1) is 20.5 Å². The van der Waals surface area contributed by atoms with E-state index >= 15 is 0 Å². The van der Waals surface area contributed by atoms with Crippen molar-refractivity contribution in [3.63, 3.8) is 0 Å². The van der Waals surface area contributed by atoms with E-state index in [0.29, 0.717) is 0 Å². The van der Waals surface area contributed by atoms with Crippen molar-refractivity contribution >= 4 is 0 Å². The van der Waals surface area contributed by atoms with Gasteiger partial charge in [0, 0.05) is 33.3 Å². The largest absolute Gasteiger partial charge is 0 e. The molecule has 2 nitrogen and oxygen atoms in total. The summed E-state index contributed by atoms with van der Waals surface area (Å²) in [6.45, 7) is 0. The Kier molecular flexibility index (Phi) is 35.9. The van der Waals surface area contributed by atoms with Crippen molar-refractivity contribution in [2.45, 2.75) is 0 Å². The van der Waals surface area contributed by atoms with Crippen molar-refractivity contribution in [1.29, 1.82) is 10.5 Å². The molecule has 0 atom stereocenters. The van der Waals surface area contributed by atoms with Crippen LogP contribution in [0.3, 0.4) is 0 Å². The summed E-state index contributed by atoms with van der Waals surface area (Å²) in [4.78, 5) is 3.31. The SMILES string of the molecule is N#[C][Fe][C]#N.[Co].[Ni]. The molecule has 0 aromatic heterocycles. The van der Waals surface area contributed by atoms with E-state index in [4.69, 9.17) is 10.5 Å². The molecule has 1 radical (unpaired) electrons. The Labute approximate surface area is 68.5 Å². The summed E-state index contributed by atoms with van der Waals surface area (Å²) < 4.78 is 0. The van der Waals surface area contributed by atoms with Crippen LogP contribution in [-0.4, -0.2) is 0 Å². The molecular formula is C2CoFeN2Ni. The van der Waals surface area contributed by atoms with E-state index in [1.54, 1.807) is 9.94 Å². The minimum absolute atomic E-state index is 0. The molecule has 0 saturated carbocycles. The number of nitriles is 2. The number of rotatable bonds is 0. The molecule has 5 heteroatoms. The monoisotopic (exact) mass is 225 g/mol. The Hall–Kier alpha value is 0.499. The van der Waals surface area contributed by atoms with Gasteiger partial charge in [-0.3, -0.25) is 0 Å². The molecule has 0 amide bonds. The van der Waals surface area contributed by atoms with Crippen molar-refractivity contribution < 1.29 is 48.2 Å². The Balaban J connectivity index is -0.0000000800. The normalized spacial score (nSPS) is 3.71. The van der Waals surface area contributed by atoms with E-state index < -0.39 is 0 Å². The number of hydrogen-bond acceptors (Lipinski definition) is 2. The summed E-state index contributed by atoms with van der Waals surface area (Å²) in [5.41, 5.74) is 0. The van der Waals surface area contributed by atoms with E-state index in [1.165, 1.54) is 0 Å². The third kappa shape index (κ3) is 21.1. The minimum atomic E-state index is 0. The molecule has 0 aliphatic heterocycles. The van der Waals surface area contributed by atoms with Gasteiger partial charge >= 0.3 is 35.4 Å². The van der Waals surface area contributed by atoms with Crippen molar-refractivity contribution in [2.75, 3.05) is 0 Å². The fourth-order valence-electron chi connectivity index (χ4n) is 0.0177. The predicted octanol–water partition coefficient (Wildman–Crippen LogP) is 0.0261. The van der Waals surface area contributed by atoms with Crippen LogP contribution in [0.25, 0.3) is 0 Å². The van der Waals surface area contributed by atoms with Crippen LogP contribution in [0.1, 0.15) is 0 Å². The van der Waals surface area contributed by atoms with Crippen molar-refractivity contribution in [1.82, 2.24) is 0 Å². The first-order valence-corrected chi connectivity index (χ1v) is 1.90. The van der Waals surface area contributed by atoms with E-state index in [2.05, 4.69) is 0 Å². The van der Waals surface area contributed by atoms with Crippen molar-refractivity contribution in [3.05, 3.63) is 0 Å². The molecule has 0 aliphatic rings. The molecular weight excluding hydrogens is 226 g/mol. The standard InChI is InChI=1S/2CN.Co.Fe.Ni/c2*1-2;;;.